The van der Waals surface area contributed by atoms with Crippen molar-refractivity contribution in [3.63, 3.8) is 0 Å². The van der Waals surface area contributed by atoms with Gasteiger partial charge in [-0.15, -0.1) is 0 Å². The molecule has 7 nitrogen and oxygen atoms in total. The SMILES string of the molecule is Cc1ccc(NC(=O)CCC(=O)NNC(=O)/C=C/c2ccco2)cc1C. The van der Waals surface area contributed by atoms with Gasteiger partial charge < -0.3 is 9.73 Å². The van der Waals surface area contributed by atoms with Gasteiger partial charge in [-0.3, -0.25) is 25.2 Å². The number of aryl methyl sites for hydroxylation is 2. The second-order valence-corrected chi connectivity index (χ2v) is 5.73. The van der Waals surface area contributed by atoms with Gasteiger partial charge in [0, 0.05) is 24.6 Å². The molecule has 0 saturated carbocycles. The minimum atomic E-state index is -0.505. The van der Waals surface area contributed by atoms with Gasteiger partial charge >= 0.3 is 0 Å². The molecule has 0 unspecified atom stereocenters. The van der Waals surface area contributed by atoms with Gasteiger partial charge in [0.25, 0.3) is 5.91 Å². The van der Waals surface area contributed by atoms with Crippen molar-refractivity contribution >= 4 is 29.5 Å². The Balaban J connectivity index is 1.68. The zero-order valence-corrected chi connectivity index (χ0v) is 14.7. The van der Waals surface area contributed by atoms with Crippen LogP contribution < -0.4 is 16.2 Å². The van der Waals surface area contributed by atoms with E-state index in [0.29, 0.717) is 11.4 Å². The van der Waals surface area contributed by atoms with E-state index in [1.807, 2.05) is 32.0 Å². The van der Waals surface area contributed by atoms with Crippen LogP contribution in [0, 0.1) is 13.8 Å². The first-order valence-corrected chi connectivity index (χ1v) is 8.11. The van der Waals surface area contributed by atoms with Crippen molar-refractivity contribution in [1.29, 1.82) is 0 Å². The Kier molecular flexibility index (Phi) is 6.73. The minimum Gasteiger partial charge on any atom is -0.465 e. The Morgan fingerprint density at radius 3 is 2.46 bits per heavy atom. The highest BCUT2D eigenvalue weighted by molar-refractivity contribution is 5.95. The van der Waals surface area contributed by atoms with E-state index < -0.39 is 11.8 Å². The van der Waals surface area contributed by atoms with Crippen molar-refractivity contribution in [3.05, 3.63) is 59.6 Å². The molecule has 0 aliphatic carbocycles. The first kappa shape index (κ1) is 19.0. The first-order chi connectivity index (χ1) is 12.4. The highest BCUT2D eigenvalue weighted by Crippen LogP contribution is 2.14. The highest BCUT2D eigenvalue weighted by atomic mass is 16.3. The van der Waals surface area contributed by atoms with Gasteiger partial charge in [0.1, 0.15) is 5.76 Å². The molecule has 0 bridgehead atoms. The van der Waals surface area contributed by atoms with Gasteiger partial charge in [0.05, 0.1) is 6.26 Å². The topological polar surface area (TPSA) is 100 Å². The summed E-state index contributed by atoms with van der Waals surface area (Å²) in [5.74, 6) is -0.712. The number of amides is 3. The molecule has 2 aromatic rings. The fourth-order valence-corrected chi connectivity index (χ4v) is 2.05. The standard InChI is InChI=1S/C19H21N3O4/c1-13-5-6-15(12-14(13)2)20-17(23)9-10-19(25)22-21-18(24)8-7-16-4-3-11-26-16/h3-8,11-12H,9-10H2,1-2H3,(H,20,23)(H,21,24)(H,22,25)/b8-7+. The molecule has 0 atom stereocenters. The molecule has 1 aromatic carbocycles. The molecule has 0 fully saturated rings. The molecular formula is C19H21N3O4. The number of nitrogens with one attached hydrogen (secondary N) is 3. The maximum Gasteiger partial charge on any atom is 0.262 e. The normalized spacial score (nSPS) is 10.5. The summed E-state index contributed by atoms with van der Waals surface area (Å²) in [5, 5.41) is 2.74. The summed E-state index contributed by atoms with van der Waals surface area (Å²) in [7, 11) is 0. The van der Waals surface area contributed by atoms with E-state index >= 15 is 0 Å². The lowest BCUT2D eigenvalue weighted by Gasteiger charge is -2.08. The maximum atomic E-state index is 11.9. The Hall–Kier alpha value is -3.35. The van der Waals surface area contributed by atoms with Gasteiger partial charge in [-0.2, -0.15) is 0 Å². The van der Waals surface area contributed by atoms with E-state index in [1.54, 1.807) is 12.1 Å². The molecule has 0 spiro atoms. The van der Waals surface area contributed by atoms with Crippen molar-refractivity contribution in [1.82, 2.24) is 10.9 Å². The van der Waals surface area contributed by atoms with E-state index in [4.69, 9.17) is 4.42 Å². The summed E-state index contributed by atoms with van der Waals surface area (Å²) < 4.78 is 5.04. The number of carbonyl (C=O) groups excluding carboxylic acids is 3. The predicted octanol–water partition coefficient (Wildman–Crippen LogP) is 2.48. The zero-order chi connectivity index (χ0) is 18.9. The van der Waals surface area contributed by atoms with Crippen molar-refractivity contribution < 1.29 is 18.8 Å². The lowest BCUT2D eigenvalue weighted by molar-refractivity contribution is -0.128. The molecule has 0 radical (unpaired) electrons. The zero-order valence-electron chi connectivity index (χ0n) is 14.7. The molecule has 1 heterocycles. The number of anilines is 1. The fraction of sp³-hybridized carbons (Fsp3) is 0.211. The van der Waals surface area contributed by atoms with Crippen LogP contribution in [0.2, 0.25) is 0 Å². The van der Waals surface area contributed by atoms with Crippen molar-refractivity contribution in [2.24, 2.45) is 0 Å². The summed E-state index contributed by atoms with van der Waals surface area (Å²) in [5.41, 5.74) is 7.38. The monoisotopic (exact) mass is 355 g/mol. The molecule has 0 aliphatic rings. The summed E-state index contributed by atoms with van der Waals surface area (Å²) in [6.45, 7) is 3.95. The van der Waals surface area contributed by atoms with Crippen LogP contribution in [0.4, 0.5) is 5.69 Å². The smallest absolute Gasteiger partial charge is 0.262 e. The van der Waals surface area contributed by atoms with E-state index in [1.165, 1.54) is 18.4 Å². The van der Waals surface area contributed by atoms with Crippen LogP contribution in [-0.4, -0.2) is 17.7 Å². The Morgan fingerprint density at radius 2 is 1.77 bits per heavy atom. The molecule has 7 heteroatoms. The van der Waals surface area contributed by atoms with E-state index in [0.717, 1.165) is 11.1 Å². The molecular weight excluding hydrogens is 334 g/mol. The third-order valence-electron chi connectivity index (χ3n) is 3.64. The number of hydrogen-bond donors (Lipinski definition) is 3. The van der Waals surface area contributed by atoms with Gasteiger partial charge in [-0.25, -0.2) is 0 Å². The fourth-order valence-electron chi connectivity index (χ4n) is 2.05. The lowest BCUT2D eigenvalue weighted by Crippen LogP contribution is -2.40. The number of rotatable bonds is 6. The van der Waals surface area contributed by atoms with Crippen LogP contribution in [0.3, 0.4) is 0 Å². The number of carbonyl (C=O) groups is 3. The minimum absolute atomic E-state index is 0.0108. The average Bonchev–Trinajstić information content (AvgIpc) is 3.13. The van der Waals surface area contributed by atoms with Crippen molar-refractivity contribution in [2.75, 3.05) is 5.32 Å². The third kappa shape index (κ3) is 6.27. The number of benzene rings is 1. The van der Waals surface area contributed by atoms with E-state index in [-0.39, 0.29) is 18.7 Å². The quantitative estimate of drug-likeness (QED) is 0.547. The molecule has 0 saturated heterocycles. The summed E-state index contributed by atoms with van der Waals surface area (Å²) in [6.07, 6.45) is 4.15. The largest absolute Gasteiger partial charge is 0.465 e. The average molecular weight is 355 g/mol. The Bertz CT molecular complexity index is 810. The molecule has 3 amide bonds. The number of furan rings is 1. The number of hydrogen-bond acceptors (Lipinski definition) is 4. The van der Waals surface area contributed by atoms with Crippen LogP contribution in [0.5, 0.6) is 0 Å². The third-order valence-corrected chi connectivity index (χ3v) is 3.64. The number of hydrazine groups is 1. The van der Waals surface area contributed by atoms with Crippen LogP contribution in [0.1, 0.15) is 29.7 Å². The second kappa shape index (κ2) is 9.22. The van der Waals surface area contributed by atoms with Crippen LogP contribution >= 0.6 is 0 Å². The van der Waals surface area contributed by atoms with E-state index in [2.05, 4.69) is 16.2 Å². The molecule has 26 heavy (non-hydrogen) atoms. The van der Waals surface area contributed by atoms with Crippen LogP contribution in [0.25, 0.3) is 6.08 Å². The van der Waals surface area contributed by atoms with Crippen LogP contribution in [0.15, 0.2) is 47.1 Å². The maximum absolute atomic E-state index is 11.9. The van der Waals surface area contributed by atoms with Gasteiger partial charge in [0.2, 0.25) is 11.8 Å². The lowest BCUT2D eigenvalue weighted by atomic mass is 10.1. The molecule has 136 valence electrons. The summed E-state index contributed by atoms with van der Waals surface area (Å²) >= 11 is 0. The molecule has 0 aliphatic heterocycles. The van der Waals surface area contributed by atoms with Gasteiger partial charge in [-0.05, 0) is 55.3 Å². The van der Waals surface area contributed by atoms with Gasteiger partial charge in [-0.1, -0.05) is 6.07 Å². The van der Waals surface area contributed by atoms with Crippen molar-refractivity contribution in [3.8, 4) is 0 Å². The summed E-state index contributed by atoms with van der Waals surface area (Å²) in [6, 6.07) is 8.99. The molecule has 3 N–H and O–H groups in total. The van der Waals surface area contributed by atoms with Crippen LogP contribution in [-0.2, 0) is 14.4 Å². The Labute approximate surface area is 151 Å². The van der Waals surface area contributed by atoms with E-state index in [9.17, 15) is 14.4 Å². The highest BCUT2D eigenvalue weighted by Gasteiger charge is 2.08. The summed E-state index contributed by atoms with van der Waals surface area (Å²) in [4.78, 5) is 35.1. The predicted molar refractivity (Wildman–Crippen MR) is 97.8 cm³/mol. The molecule has 1 aromatic heterocycles. The van der Waals surface area contributed by atoms with Gasteiger partial charge in [0.15, 0.2) is 0 Å². The van der Waals surface area contributed by atoms with Crippen molar-refractivity contribution in [2.45, 2.75) is 26.7 Å². The Morgan fingerprint density at radius 1 is 1.00 bits per heavy atom. The molecule has 2 rings (SSSR count). The second-order valence-electron chi connectivity index (χ2n) is 5.73. The first-order valence-electron chi connectivity index (χ1n) is 8.11.